The number of thiol groups is 1. The van der Waals surface area contributed by atoms with Gasteiger partial charge in [0.1, 0.15) is 42.7 Å². The van der Waals surface area contributed by atoms with Crippen molar-refractivity contribution < 1.29 is 69.1 Å². The van der Waals surface area contributed by atoms with E-state index in [4.69, 9.17) is 23.8 Å². The van der Waals surface area contributed by atoms with E-state index < -0.39 is 96.9 Å². The molecular weight excluding hydrogens is 500 g/mol. The van der Waals surface area contributed by atoms with Gasteiger partial charge in [-0.2, -0.15) is 5.48 Å². The van der Waals surface area contributed by atoms with Crippen molar-refractivity contribution in [1.29, 1.82) is 0 Å². The molecule has 3 saturated heterocycles. The molecule has 3 aliphatic heterocycles. The monoisotopic (exact) mass is 530 g/mol. The van der Waals surface area contributed by atoms with Crippen LogP contribution >= 0.6 is 12.6 Å². The molecule has 35 heavy (non-hydrogen) atoms. The lowest BCUT2D eigenvalue weighted by molar-refractivity contribution is -0.501. The van der Waals surface area contributed by atoms with Crippen LogP contribution in [0, 0.1) is 0 Å². The van der Waals surface area contributed by atoms with E-state index in [-0.39, 0.29) is 0 Å². The van der Waals surface area contributed by atoms with E-state index in [9.17, 15) is 45.3 Å². The lowest BCUT2D eigenvalue weighted by atomic mass is 9.84. The van der Waals surface area contributed by atoms with Crippen LogP contribution in [0.25, 0.3) is 0 Å². The molecule has 1 amide bonds. The number of aliphatic hydroxyl groups excluding tert-OH is 7. The van der Waals surface area contributed by atoms with Crippen LogP contribution in [0.5, 0.6) is 0 Å². The van der Waals surface area contributed by atoms with Gasteiger partial charge < -0.3 is 60.0 Å². The fourth-order valence-corrected chi connectivity index (χ4v) is 4.61. The Morgan fingerprint density at radius 1 is 1.20 bits per heavy atom. The average Bonchev–Trinajstić information content (AvgIpc) is 2.83. The molecule has 3 aliphatic rings. The minimum absolute atomic E-state index is 0.684. The van der Waals surface area contributed by atoms with Crippen molar-refractivity contribution in [2.45, 2.75) is 79.6 Å². The molecule has 0 aliphatic carbocycles. The molecule has 1 spiro atoms. The average molecular weight is 531 g/mol. The van der Waals surface area contributed by atoms with Gasteiger partial charge in [-0.3, -0.25) is 14.4 Å². The summed E-state index contributed by atoms with van der Waals surface area (Å²) in [4.78, 5) is 30.0. The number of amides is 1. The second kappa shape index (κ2) is 10.8. The molecule has 0 saturated carbocycles. The van der Waals surface area contributed by atoms with Crippen molar-refractivity contribution in [2.75, 3.05) is 20.3 Å². The summed E-state index contributed by atoms with van der Waals surface area (Å²) in [6.45, 7) is -0.662. The van der Waals surface area contributed by atoms with Crippen LogP contribution in [0.1, 0.15) is 6.92 Å². The molecular formula is C18H30N2O14S. The Hall–Kier alpha value is -1.03. The number of carbonyl (C=O) groups is 2. The van der Waals surface area contributed by atoms with Crippen LogP contribution in [0.15, 0.2) is 0 Å². The first-order chi connectivity index (χ1) is 16.4. The number of nitrogens with one attached hydrogen (secondary N) is 2. The van der Waals surface area contributed by atoms with Crippen molar-refractivity contribution >= 4 is 23.7 Å². The number of ether oxygens (including phenoxy) is 4. The maximum Gasteiger partial charge on any atom is 0.263 e. The molecule has 202 valence electrons. The largest absolute Gasteiger partial charge is 0.394 e. The summed E-state index contributed by atoms with van der Waals surface area (Å²) >= 11 is 3.78. The molecule has 0 bridgehead atoms. The summed E-state index contributed by atoms with van der Waals surface area (Å²) < 4.78 is 21.7. The van der Waals surface area contributed by atoms with Gasteiger partial charge in [0.25, 0.3) is 5.79 Å². The Kier molecular flexibility index (Phi) is 8.77. The van der Waals surface area contributed by atoms with E-state index in [1.54, 1.807) is 0 Å². The Morgan fingerprint density at radius 3 is 2.37 bits per heavy atom. The number of hydrogen-bond acceptors (Lipinski definition) is 15. The Labute approximate surface area is 204 Å². The van der Waals surface area contributed by atoms with Gasteiger partial charge in [0.2, 0.25) is 16.8 Å². The summed E-state index contributed by atoms with van der Waals surface area (Å²) in [5.41, 5.74) is 2.28. The van der Waals surface area contributed by atoms with E-state index in [0.717, 1.165) is 14.0 Å². The summed E-state index contributed by atoms with van der Waals surface area (Å²) in [7, 11) is 1.13. The molecule has 3 heterocycles. The quantitative estimate of drug-likeness (QED) is 0.138. The minimum Gasteiger partial charge on any atom is -0.394 e. The van der Waals surface area contributed by atoms with E-state index in [2.05, 4.69) is 23.4 Å². The van der Waals surface area contributed by atoms with Crippen LogP contribution in [-0.2, 0) is 33.4 Å². The molecule has 12 atom stereocenters. The van der Waals surface area contributed by atoms with Gasteiger partial charge in [-0.15, -0.1) is 0 Å². The van der Waals surface area contributed by atoms with Crippen LogP contribution < -0.4 is 10.8 Å². The standard InChI is InChI=1S/C18H30N2O14S/c1-5(23)19-8-10(26)12-17(16(29)35,32-11(8)9(25)6(24)3-21)33-18(34-20-12)13(27)7(4-22)31-15(30-2)14(18)28/h6-15,20-22,24-28H,3-4H2,1-2H3,(H,19,23)(H,29,35)/t6-,7-,8-,9-,10-,11-,12?,13+,14+,15?,17+,18?/m1/s1. The van der Waals surface area contributed by atoms with E-state index >= 15 is 0 Å². The predicted molar refractivity (Wildman–Crippen MR) is 111 cm³/mol. The highest BCUT2D eigenvalue weighted by atomic mass is 32.1. The number of rotatable bonds is 7. The van der Waals surface area contributed by atoms with E-state index in [1.807, 2.05) is 0 Å². The van der Waals surface area contributed by atoms with Crippen molar-refractivity contribution in [2.24, 2.45) is 0 Å². The lowest BCUT2D eigenvalue weighted by Gasteiger charge is -2.60. The highest BCUT2D eigenvalue weighted by molar-refractivity contribution is 7.96. The first-order valence-corrected chi connectivity index (χ1v) is 11.0. The lowest BCUT2D eigenvalue weighted by Crippen LogP contribution is -2.84. The minimum atomic E-state index is -2.73. The normalized spacial score (nSPS) is 45.4. The fraction of sp³-hybridized carbons (Fsp3) is 0.889. The molecule has 3 unspecified atom stereocenters. The molecule has 3 rings (SSSR count). The third-order valence-corrected chi connectivity index (χ3v) is 6.49. The second-order valence-corrected chi connectivity index (χ2v) is 8.79. The maximum atomic E-state index is 12.8. The topological polar surface area (TPSA) is 246 Å². The SMILES string of the molecule is COC1O[C@H](CO)[C@H](O)C2(ONC3[C@H](O)[C@@H](NC(C)=O)[C@H]([C@H](O)[C@H](O)CO)O[C@]3(C(=O)S)O2)[C@H]1O. The van der Waals surface area contributed by atoms with Gasteiger partial charge in [0.15, 0.2) is 12.4 Å². The van der Waals surface area contributed by atoms with Crippen molar-refractivity contribution in [3.05, 3.63) is 0 Å². The summed E-state index contributed by atoms with van der Waals surface area (Å²) in [5.74, 6) is -6.03. The third kappa shape index (κ3) is 4.71. The van der Waals surface area contributed by atoms with E-state index in [1.165, 1.54) is 0 Å². The van der Waals surface area contributed by atoms with Gasteiger partial charge in [-0.05, 0) is 0 Å². The summed E-state index contributed by atoms with van der Waals surface area (Å²) in [6.07, 6.45) is -14.4. The maximum absolute atomic E-state index is 12.8. The molecule has 0 aromatic heterocycles. The van der Waals surface area contributed by atoms with Crippen LogP contribution in [0.4, 0.5) is 0 Å². The Morgan fingerprint density at radius 2 is 1.86 bits per heavy atom. The number of fused-ring (bicyclic) bond motifs is 1. The van der Waals surface area contributed by atoms with Crippen LogP contribution in [0.2, 0.25) is 0 Å². The van der Waals surface area contributed by atoms with Crippen molar-refractivity contribution in [3.8, 4) is 0 Å². The highest BCUT2D eigenvalue weighted by Gasteiger charge is 2.71. The van der Waals surface area contributed by atoms with Crippen LogP contribution in [0.3, 0.4) is 0 Å². The van der Waals surface area contributed by atoms with Gasteiger partial charge in [0.05, 0.1) is 19.3 Å². The van der Waals surface area contributed by atoms with Crippen molar-refractivity contribution in [3.63, 3.8) is 0 Å². The summed E-state index contributed by atoms with van der Waals surface area (Å²) in [5, 5.41) is 73.3. The van der Waals surface area contributed by atoms with Gasteiger partial charge >= 0.3 is 0 Å². The first kappa shape index (κ1) is 28.5. The number of carbonyl (C=O) groups excluding carboxylic acids is 2. The summed E-state index contributed by atoms with van der Waals surface area (Å²) in [6, 6.07) is -3.16. The zero-order valence-electron chi connectivity index (χ0n) is 18.6. The third-order valence-electron chi connectivity index (χ3n) is 6.18. The molecule has 0 radical (unpaired) electrons. The van der Waals surface area contributed by atoms with Gasteiger partial charge in [-0.25, -0.2) is 0 Å². The van der Waals surface area contributed by atoms with Gasteiger partial charge in [-0.1, -0.05) is 12.6 Å². The number of hydroxylamine groups is 1. The molecule has 0 aromatic rings. The van der Waals surface area contributed by atoms with E-state index in [0.29, 0.717) is 0 Å². The molecule has 3 fully saturated rings. The Balaban J connectivity index is 2.09. The smallest absolute Gasteiger partial charge is 0.263 e. The Bertz CT molecular complexity index is 776. The number of hydrogen-bond donors (Lipinski definition) is 10. The zero-order valence-corrected chi connectivity index (χ0v) is 19.5. The molecule has 0 aromatic carbocycles. The fourth-order valence-electron chi connectivity index (χ4n) is 4.38. The predicted octanol–water partition coefficient (Wildman–Crippen LogP) is -6.18. The number of methoxy groups -OCH3 is 1. The van der Waals surface area contributed by atoms with Gasteiger partial charge in [0, 0.05) is 14.0 Å². The first-order valence-electron chi connectivity index (χ1n) is 10.5. The zero-order chi connectivity index (χ0) is 26.3. The van der Waals surface area contributed by atoms with Crippen molar-refractivity contribution in [1.82, 2.24) is 10.8 Å². The number of aliphatic hydroxyl groups is 7. The molecule has 17 heteroatoms. The second-order valence-electron chi connectivity index (χ2n) is 8.38. The molecule has 9 N–H and O–H groups in total. The highest BCUT2D eigenvalue weighted by Crippen LogP contribution is 2.46. The van der Waals surface area contributed by atoms with Crippen LogP contribution in [-0.4, -0.2) is 140 Å². The molecule has 16 nitrogen and oxygen atoms in total.